The molecule has 1 heterocycles. The summed E-state index contributed by atoms with van der Waals surface area (Å²) in [6.45, 7) is 9.77. The first-order chi connectivity index (χ1) is 8.18. The molecular formula is C12H21N3O3. The lowest BCUT2D eigenvalue weighted by Gasteiger charge is -2.25. The van der Waals surface area contributed by atoms with Crippen molar-refractivity contribution in [1.82, 2.24) is 9.78 Å². The second-order valence-electron chi connectivity index (χ2n) is 5.54. The van der Waals surface area contributed by atoms with E-state index < -0.39 is 11.0 Å². The minimum Gasteiger partial charge on any atom is -0.392 e. The number of aliphatic hydroxyl groups is 1. The van der Waals surface area contributed by atoms with Crippen molar-refractivity contribution in [2.75, 3.05) is 0 Å². The lowest BCUT2D eigenvalue weighted by atomic mass is 9.86. The molecule has 1 atom stereocenters. The van der Waals surface area contributed by atoms with Gasteiger partial charge in [-0.05, 0) is 19.3 Å². The molecule has 1 aromatic rings. The molecule has 102 valence electrons. The maximum Gasteiger partial charge on any atom is 0.313 e. The van der Waals surface area contributed by atoms with Crippen molar-refractivity contribution in [3.63, 3.8) is 0 Å². The predicted octanol–water partition coefficient (Wildman–Crippen LogP) is 2.07. The van der Waals surface area contributed by atoms with Crippen LogP contribution in [0, 0.1) is 22.5 Å². The Hall–Kier alpha value is -1.43. The first-order valence-corrected chi connectivity index (χ1v) is 6.07. The predicted molar refractivity (Wildman–Crippen MR) is 68.5 cm³/mol. The highest BCUT2D eigenvalue weighted by Crippen LogP contribution is 2.28. The summed E-state index contributed by atoms with van der Waals surface area (Å²) < 4.78 is 1.60. The molecule has 1 rings (SSSR count). The maximum absolute atomic E-state index is 11.1. The Morgan fingerprint density at radius 1 is 1.50 bits per heavy atom. The van der Waals surface area contributed by atoms with Crippen LogP contribution in [0.4, 0.5) is 5.69 Å². The average molecular weight is 255 g/mol. The molecule has 0 fully saturated rings. The van der Waals surface area contributed by atoms with Crippen molar-refractivity contribution in [2.24, 2.45) is 5.41 Å². The van der Waals surface area contributed by atoms with E-state index in [-0.39, 0.29) is 17.5 Å². The monoisotopic (exact) mass is 255 g/mol. The van der Waals surface area contributed by atoms with Crippen molar-refractivity contribution in [1.29, 1.82) is 0 Å². The lowest BCUT2D eigenvalue weighted by molar-refractivity contribution is -0.386. The molecule has 0 aliphatic heterocycles. The van der Waals surface area contributed by atoms with Gasteiger partial charge >= 0.3 is 5.69 Å². The SMILES string of the molecule is CCn1nc(C)c([N+](=O)[O-])c1CC(O)C(C)(C)C. The van der Waals surface area contributed by atoms with Crippen molar-refractivity contribution < 1.29 is 10.0 Å². The Labute approximate surface area is 107 Å². The largest absolute Gasteiger partial charge is 0.392 e. The average Bonchev–Trinajstić information content (AvgIpc) is 2.53. The number of aromatic nitrogens is 2. The smallest absolute Gasteiger partial charge is 0.313 e. The molecule has 18 heavy (non-hydrogen) atoms. The van der Waals surface area contributed by atoms with Gasteiger partial charge in [-0.15, -0.1) is 0 Å². The Morgan fingerprint density at radius 3 is 2.44 bits per heavy atom. The van der Waals surface area contributed by atoms with Crippen LogP contribution >= 0.6 is 0 Å². The Kier molecular flexibility index (Phi) is 4.11. The van der Waals surface area contributed by atoms with Crippen molar-refractivity contribution in [3.8, 4) is 0 Å². The van der Waals surface area contributed by atoms with Crippen molar-refractivity contribution in [2.45, 2.75) is 53.7 Å². The molecule has 6 nitrogen and oxygen atoms in total. The van der Waals surface area contributed by atoms with Crippen LogP contribution in [-0.2, 0) is 13.0 Å². The summed E-state index contributed by atoms with van der Waals surface area (Å²) in [4.78, 5) is 10.7. The second-order valence-corrected chi connectivity index (χ2v) is 5.54. The zero-order valence-corrected chi connectivity index (χ0v) is 11.6. The molecule has 1 N–H and O–H groups in total. The van der Waals surface area contributed by atoms with E-state index in [4.69, 9.17) is 0 Å². The molecule has 0 saturated heterocycles. The first kappa shape index (κ1) is 14.6. The van der Waals surface area contributed by atoms with E-state index in [1.807, 2.05) is 27.7 Å². The van der Waals surface area contributed by atoms with Crippen LogP contribution in [0.3, 0.4) is 0 Å². The first-order valence-electron chi connectivity index (χ1n) is 6.07. The van der Waals surface area contributed by atoms with Gasteiger partial charge in [0.25, 0.3) is 0 Å². The fourth-order valence-electron chi connectivity index (χ4n) is 1.81. The zero-order chi connectivity index (χ0) is 14.1. The fourth-order valence-corrected chi connectivity index (χ4v) is 1.81. The number of hydrogen-bond donors (Lipinski definition) is 1. The van der Waals surface area contributed by atoms with Crippen LogP contribution in [0.1, 0.15) is 39.1 Å². The number of aliphatic hydroxyl groups excluding tert-OH is 1. The van der Waals surface area contributed by atoms with Gasteiger partial charge < -0.3 is 5.11 Å². The van der Waals surface area contributed by atoms with Gasteiger partial charge in [-0.1, -0.05) is 20.8 Å². The second kappa shape index (κ2) is 5.06. The molecule has 0 amide bonds. The molecule has 0 aliphatic carbocycles. The van der Waals surface area contributed by atoms with Crippen molar-refractivity contribution >= 4 is 5.69 Å². The summed E-state index contributed by atoms with van der Waals surface area (Å²) in [5.74, 6) is 0. The number of hydrogen-bond acceptors (Lipinski definition) is 4. The van der Waals surface area contributed by atoms with Gasteiger partial charge in [0.2, 0.25) is 0 Å². The van der Waals surface area contributed by atoms with Gasteiger partial charge in [0.15, 0.2) is 0 Å². The van der Waals surface area contributed by atoms with Gasteiger partial charge in [0, 0.05) is 13.0 Å². The third-order valence-electron chi connectivity index (χ3n) is 3.07. The lowest BCUT2D eigenvalue weighted by Crippen LogP contribution is -2.29. The maximum atomic E-state index is 11.1. The summed E-state index contributed by atoms with van der Waals surface area (Å²) in [6.07, 6.45) is -0.397. The zero-order valence-electron chi connectivity index (χ0n) is 11.6. The van der Waals surface area contributed by atoms with E-state index in [2.05, 4.69) is 5.10 Å². The van der Waals surface area contributed by atoms with E-state index in [1.54, 1.807) is 11.6 Å². The molecule has 0 aliphatic rings. The molecule has 0 spiro atoms. The molecule has 1 aromatic heterocycles. The van der Waals surface area contributed by atoms with Crippen LogP contribution in [-0.4, -0.2) is 25.9 Å². The standard InChI is InChI=1S/C12H21N3O3/c1-6-14-9(7-10(16)12(3,4)5)11(15(17)18)8(2)13-14/h10,16H,6-7H2,1-5H3. The molecular weight excluding hydrogens is 234 g/mol. The van der Waals surface area contributed by atoms with Crippen LogP contribution in [0.2, 0.25) is 0 Å². The molecule has 0 radical (unpaired) electrons. The van der Waals surface area contributed by atoms with Gasteiger partial charge in [-0.3, -0.25) is 14.8 Å². The Morgan fingerprint density at radius 2 is 2.06 bits per heavy atom. The summed E-state index contributed by atoms with van der Waals surface area (Å²) in [7, 11) is 0. The third kappa shape index (κ3) is 2.87. The number of nitrogens with zero attached hydrogens (tertiary/aromatic N) is 3. The van der Waals surface area contributed by atoms with Gasteiger partial charge in [0.05, 0.1) is 11.0 Å². The summed E-state index contributed by atoms with van der Waals surface area (Å²) in [6, 6.07) is 0. The van der Waals surface area contributed by atoms with Crippen LogP contribution < -0.4 is 0 Å². The van der Waals surface area contributed by atoms with Gasteiger partial charge in [-0.25, -0.2) is 0 Å². The molecule has 0 bridgehead atoms. The third-order valence-corrected chi connectivity index (χ3v) is 3.07. The Bertz CT molecular complexity index is 446. The van der Waals surface area contributed by atoms with E-state index in [9.17, 15) is 15.2 Å². The fraction of sp³-hybridized carbons (Fsp3) is 0.750. The normalized spacial score (nSPS) is 13.7. The quantitative estimate of drug-likeness (QED) is 0.659. The molecule has 0 saturated carbocycles. The molecule has 1 unspecified atom stereocenters. The van der Waals surface area contributed by atoms with Crippen LogP contribution in [0.25, 0.3) is 0 Å². The topological polar surface area (TPSA) is 81.2 Å². The molecule has 0 aromatic carbocycles. The van der Waals surface area contributed by atoms with Gasteiger partial charge in [0.1, 0.15) is 11.4 Å². The van der Waals surface area contributed by atoms with E-state index in [1.165, 1.54) is 0 Å². The number of aryl methyl sites for hydroxylation is 2. The highest BCUT2D eigenvalue weighted by molar-refractivity contribution is 5.41. The molecule has 6 heteroatoms. The Balaban J connectivity index is 3.18. The summed E-state index contributed by atoms with van der Waals surface area (Å²) in [5, 5.41) is 25.3. The summed E-state index contributed by atoms with van der Waals surface area (Å²) in [5.41, 5.74) is 0.616. The minimum atomic E-state index is -0.641. The number of rotatable bonds is 4. The number of nitro groups is 1. The van der Waals surface area contributed by atoms with E-state index in [0.29, 0.717) is 17.9 Å². The summed E-state index contributed by atoms with van der Waals surface area (Å²) >= 11 is 0. The highest BCUT2D eigenvalue weighted by atomic mass is 16.6. The van der Waals surface area contributed by atoms with E-state index in [0.717, 1.165) is 0 Å². The van der Waals surface area contributed by atoms with Crippen LogP contribution in [0.5, 0.6) is 0 Å². The van der Waals surface area contributed by atoms with E-state index >= 15 is 0 Å². The van der Waals surface area contributed by atoms with Gasteiger partial charge in [-0.2, -0.15) is 5.10 Å². The van der Waals surface area contributed by atoms with Crippen molar-refractivity contribution in [3.05, 3.63) is 21.5 Å². The van der Waals surface area contributed by atoms with Crippen LogP contribution in [0.15, 0.2) is 0 Å². The minimum absolute atomic E-state index is 0.0279. The highest BCUT2D eigenvalue weighted by Gasteiger charge is 2.30.